The normalized spacial score (nSPS) is 13.4. The van der Waals surface area contributed by atoms with Gasteiger partial charge in [0.05, 0.1) is 11.4 Å². The molecule has 0 radical (unpaired) electrons. The van der Waals surface area contributed by atoms with Gasteiger partial charge in [-0.2, -0.15) is 0 Å². The van der Waals surface area contributed by atoms with Crippen LogP contribution in [0, 0.1) is 0 Å². The summed E-state index contributed by atoms with van der Waals surface area (Å²) < 4.78 is 0. The van der Waals surface area contributed by atoms with E-state index in [2.05, 4.69) is 161 Å². The molecule has 3 heteroatoms. The molecule has 0 saturated heterocycles. The molecule has 0 aromatic heterocycles. The van der Waals surface area contributed by atoms with E-state index >= 15 is 0 Å². The third-order valence-electron chi connectivity index (χ3n) is 6.46. The maximum absolute atomic E-state index is 2.49. The molecule has 166 valence electrons. The molecule has 0 atom stereocenters. The number of hydrogen-bond donors (Lipinski definition) is 0. The van der Waals surface area contributed by atoms with Crippen LogP contribution in [0.4, 0.5) is 11.4 Å². The van der Waals surface area contributed by atoms with E-state index in [9.17, 15) is 0 Å². The van der Waals surface area contributed by atoms with Gasteiger partial charge >= 0.3 is 6.98 Å². The molecular weight excluding hydrogens is 423 g/mol. The first-order valence-electron chi connectivity index (χ1n) is 12.0. The number of para-hydroxylation sites is 2. The summed E-state index contributed by atoms with van der Waals surface area (Å²) in [5.41, 5.74) is 8.32. The van der Waals surface area contributed by atoms with Crippen molar-refractivity contribution in [2.45, 2.75) is 0 Å². The predicted octanol–water partition coefficient (Wildman–Crippen LogP) is 6.93. The summed E-state index contributed by atoms with van der Waals surface area (Å²) in [6.07, 6.45) is 0. The zero-order valence-electron chi connectivity index (χ0n) is 19.4. The molecule has 2 nitrogen and oxygen atoms in total. The van der Waals surface area contributed by atoms with Gasteiger partial charge in [0.15, 0.2) is 0 Å². The average molecular weight is 448 g/mol. The zero-order valence-corrected chi connectivity index (χ0v) is 19.4. The van der Waals surface area contributed by atoms with E-state index in [1.54, 1.807) is 0 Å². The Morgan fingerprint density at radius 2 is 0.657 bits per heavy atom. The molecule has 0 N–H and O–H groups in total. The molecule has 35 heavy (non-hydrogen) atoms. The first kappa shape index (κ1) is 21.1. The summed E-state index contributed by atoms with van der Waals surface area (Å²) >= 11 is 0. The van der Waals surface area contributed by atoms with Gasteiger partial charge in [-0.25, -0.2) is 0 Å². The van der Waals surface area contributed by atoms with Gasteiger partial charge in [0.2, 0.25) is 0 Å². The smallest absolute Gasteiger partial charge is 0.359 e. The van der Waals surface area contributed by atoms with Crippen LogP contribution >= 0.6 is 0 Å². The summed E-state index contributed by atoms with van der Waals surface area (Å²) in [5.74, 6) is 0. The summed E-state index contributed by atoms with van der Waals surface area (Å²) in [5, 5.41) is 0. The Labute approximate surface area is 207 Å². The lowest BCUT2D eigenvalue weighted by atomic mass is 9.64. The molecular formula is C32H25BN2. The standard InChI is InChI=1S/C32H25BN2/c1-6-16-26(17-7-1)31-32(27-18-8-2-9-19-27)35(30-24-14-5-15-25-30)33(28-20-10-3-11-21-28)34(31)29-22-12-4-13-23-29/h1-25H. The van der Waals surface area contributed by atoms with Crippen molar-refractivity contribution >= 4 is 35.2 Å². The van der Waals surface area contributed by atoms with Crippen molar-refractivity contribution in [1.82, 2.24) is 0 Å². The van der Waals surface area contributed by atoms with Crippen molar-refractivity contribution in [1.29, 1.82) is 0 Å². The quantitative estimate of drug-likeness (QED) is 0.269. The Kier molecular flexibility index (Phi) is 5.66. The van der Waals surface area contributed by atoms with Gasteiger partial charge in [0.1, 0.15) is 0 Å². The van der Waals surface area contributed by atoms with Gasteiger partial charge in [-0.15, -0.1) is 0 Å². The second-order valence-electron chi connectivity index (χ2n) is 8.62. The number of rotatable bonds is 5. The van der Waals surface area contributed by atoms with Crippen molar-refractivity contribution in [2.24, 2.45) is 0 Å². The molecule has 0 amide bonds. The van der Waals surface area contributed by atoms with Crippen molar-refractivity contribution in [3.8, 4) is 0 Å². The molecule has 0 fully saturated rings. The SMILES string of the molecule is c1ccc(B2N(c3ccccc3)C(c3ccccc3)=C(c3ccccc3)N2c2ccccc2)cc1. The van der Waals surface area contributed by atoms with Crippen LogP contribution in [-0.4, -0.2) is 6.98 Å². The van der Waals surface area contributed by atoms with Crippen LogP contribution in [0.3, 0.4) is 0 Å². The van der Waals surface area contributed by atoms with Gasteiger partial charge in [-0.3, -0.25) is 0 Å². The third kappa shape index (κ3) is 3.92. The van der Waals surface area contributed by atoms with Gasteiger partial charge in [0, 0.05) is 11.4 Å². The topological polar surface area (TPSA) is 6.48 Å². The minimum Gasteiger partial charge on any atom is -0.359 e. The molecule has 0 spiro atoms. The monoisotopic (exact) mass is 448 g/mol. The highest BCUT2D eigenvalue weighted by Gasteiger charge is 2.45. The largest absolute Gasteiger partial charge is 0.420 e. The molecule has 0 unspecified atom stereocenters. The zero-order chi connectivity index (χ0) is 23.5. The number of anilines is 2. The Hall–Kier alpha value is -4.50. The lowest BCUT2D eigenvalue weighted by Crippen LogP contribution is -2.54. The molecule has 5 aromatic rings. The van der Waals surface area contributed by atoms with Gasteiger partial charge in [-0.05, 0) is 40.9 Å². The van der Waals surface area contributed by atoms with Crippen molar-refractivity contribution < 1.29 is 0 Å². The molecule has 1 heterocycles. The van der Waals surface area contributed by atoms with Crippen LogP contribution in [0.1, 0.15) is 11.1 Å². The van der Waals surface area contributed by atoms with Crippen molar-refractivity contribution in [2.75, 3.05) is 9.62 Å². The summed E-state index contributed by atoms with van der Waals surface area (Å²) in [4.78, 5) is 4.97. The lowest BCUT2D eigenvalue weighted by Gasteiger charge is -2.32. The Balaban J connectivity index is 1.72. The maximum Gasteiger partial charge on any atom is 0.420 e. The number of benzene rings is 5. The van der Waals surface area contributed by atoms with E-state index in [0.717, 1.165) is 11.4 Å². The first-order valence-corrected chi connectivity index (χ1v) is 12.0. The lowest BCUT2D eigenvalue weighted by molar-refractivity contribution is 1.38. The highest BCUT2D eigenvalue weighted by Crippen LogP contribution is 2.44. The van der Waals surface area contributed by atoms with Crippen LogP contribution in [0.2, 0.25) is 0 Å². The Morgan fingerprint density at radius 1 is 0.343 bits per heavy atom. The van der Waals surface area contributed by atoms with E-state index in [1.807, 2.05) is 0 Å². The Morgan fingerprint density at radius 3 is 1.03 bits per heavy atom. The fourth-order valence-electron chi connectivity index (χ4n) is 4.97. The van der Waals surface area contributed by atoms with E-state index in [1.165, 1.54) is 28.0 Å². The first-order chi connectivity index (χ1) is 17.4. The summed E-state index contributed by atoms with van der Waals surface area (Å²) in [7, 11) is 0. The summed E-state index contributed by atoms with van der Waals surface area (Å²) in [6.45, 7) is -0.0496. The molecule has 5 aromatic carbocycles. The van der Waals surface area contributed by atoms with Crippen LogP contribution in [0.5, 0.6) is 0 Å². The van der Waals surface area contributed by atoms with Crippen LogP contribution in [-0.2, 0) is 0 Å². The number of nitrogens with zero attached hydrogens (tertiary/aromatic N) is 2. The van der Waals surface area contributed by atoms with Gasteiger partial charge in [0.25, 0.3) is 0 Å². The van der Waals surface area contributed by atoms with Gasteiger partial charge < -0.3 is 9.62 Å². The highest BCUT2D eigenvalue weighted by molar-refractivity contribution is 6.85. The number of hydrogen-bond acceptors (Lipinski definition) is 2. The second kappa shape index (κ2) is 9.40. The minimum absolute atomic E-state index is 0.0496. The maximum atomic E-state index is 2.49. The Bertz CT molecular complexity index is 1330. The third-order valence-corrected chi connectivity index (χ3v) is 6.46. The van der Waals surface area contributed by atoms with Gasteiger partial charge in [-0.1, -0.05) is 127 Å². The summed E-state index contributed by atoms with van der Waals surface area (Å²) in [6, 6.07) is 53.8. The van der Waals surface area contributed by atoms with E-state index in [0.29, 0.717) is 0 Å². The van der Waals surface area contributed by atoms with Crippen molar-refractivity contribution in [3.63, 3.8) is 0 Å². The molecule has 6 rings (SSSR count). The van der Waals surface area contributed by atoms with Crippen LogP contribution in [0.15, 0.2) is 152 Å². The highest BCUT2D eigenvalue weighted by atomic mass is 15.3. The molecule has 0 bridgehead atoms. The fourth-order valence-corrected chi connectivity index (χ4v) is 4.97. The average Bonchev–Trinajstić information content (AvgIpc) is 3.32. The van der Waals surface area contributed by atoms with E-state index < -0.39 is 0 Å². The van der Waals surface area contributed by atoms with Crippen LogP contribution in [0.25, 0.3) is 11.4 Å². The van der Waals surface area contributed by atoms with E-state index in [4.69, 9.17) is 0 Å². The van der Waals surface area contributed by atoms with Crippen LogP contribution < -0.4 is 15.1 Å². The molecule has 0 saturated carbocycles. The fraction of sp³-hybridized carbons (Fsp3) is 0. The van der Waals surface area contributed by atoms with E-state index in [-0.39, 0.29) is 6.98 Å². The molecule has 0 aliphatic carbocycles. The minimum atomic E-state index is -0.0496. The second-order valence-corrected chi connectivity index (χ2v) is 8.62. The van der Waals surface area contributed by atoms with Crippen molar-refractivity contribution in [3.05, 3.63) is 163 Å². The molecule has 1 aliphatic heterocycles. The molecule has 1 aliphatic rings. The predicted molar refractivity (Wildman–Crippen MR) is 149 cm³/mol.